The van der Waals surface area contributed by atoms with Gasteiger partial charge in [-0.15, -0.1) is 6.42 Å². The van der Waals surface area contributed by atoms with Crippen LogP contribution in [0.1, 0.15) is 37.9 Å². The van der Waals surface area contributed by atoms with Gasteiger partial charge in [0.15, 0.2) is 11.5 Å². The molecule has 0 spiro atoms. The summed E-state index contributed by atoms with van der Waals surface area (Å²) in [5, 5.41) is 0. The quantitative estimate of drug-likeness (QED) is 0.814. The van der Waals surface area contributed by atoms with Crippen molar-refractivity contribution < 1.29 is 0 Å². The summed E-state index contributed by atoms with van der Waals surface area (Å²) in [4.78, 5) is 18.1. The highest BCUT2D eigenvalue weighted by atomic mass is 15.3. The van der Waals surface area contributed by atoms with Gasteiger partial charge in [0.2, 0.25) is 5.82 Å². The number of fused-ring (bicyclic) bond motifs is 1. The van der Waals surface area contributed by atoms with Gasteiger partial charge in [0.25, 0.3) is 0 Å². The molecule has 146 valence electrons. The number of anilines is 1. The molecule has 2 aromatic rings. The Hall–Kier alpha value is -2.61. The molecule has 2 aromatic heterocycles. The van der Waals surface area contributed by atoms with Crippen LogP contribution in [0.4, 0.5) is 5.82 Å². The van der Waals surface area contributed by atoms with Crippen LogP contribution < -0.4 is 5.73 Å². The summed E-state index contributed by atoms with van der Waals surface area (Å²) in [6.07, 6.45) is 14.0. The van der Waals surface area contributed by atoms with E-state index in [9.17, 15) is 0 Å². The van der Waals surface area contributed by atoms with E-state index in [0.29, 0.717) is 29.4 Å². The van der Waals surface area contributed by atoms with E-state index in [1.165, 1.54) is 32.1 Å². The maximum atomic E-state index is 6.00. The lowest BCUT2D eigenvalue weighted by Gasteiger charge is -2.40. The Kier molecular flexibility index (Phi) is 5.76. The third-order valence-corrected chi connectivity index (χ3v) is 5.75. The highest BCUT2D eigenvalue weighted by Crippen LogP contribution is 2.23. The molecule has 0 atom stereocenters. The average Bonchev–Trinajstić information content (AvgIpc) is 3.13. The molecule has 2 N–H and O–H groups in total. The van der Waals surface area contributed by atoms with Crippen LogP contribution in [0, 0.1) is 24.2 Å². The Morgan fingerprint density at radius 2 is 1.86 bits per heavy atom. The predicted octanol–water partition coefficient (Wildman–Crippen LogP) is 1.34. The summed E-state index contributed by atoms with van der Waals surface area (Å²) >= 11 is 0. The van der Waals surface area contributed by atoms with E-state index in [0.717, 1.165) is 38.8 Å². The number of hydrogen-bond donors (Lipinski definition) is 1. The number of hydrogen-bond acceptors (Lipinski definition) is 6. The van der Waals surface area contributed by atoms with E-state index in [4.69, 9.17) is 12.2 Å². The second kappa shape index (κ2) is 8.60. The molecule has 0 aromatic carbocycles. The van der Waals surface area contributed by atoms with Crippen LogP contribution >= 0.6 is 0 Å². The van der Waals surface area contributed by atoms with Crippen molar-refractivity contribution in [3.8, 4) is 24.2 Å². The zero-order chi connectivity index (χ0) is 19.3. The fourth-order valence-corrected chi connectivity index (χ4v) is 4.20. The van der Waals surface area contributed by atoms with Gasteiger partial charge < -0.3 is 10.3 Å². The first-order valence-corrected chi connectivity index (χ1v) is 10.1. The molecule has 7 heteroatoms. The molecule has 0 amide bonds. The first-order valence-electron chi connectivity index (χ1n) is 10.1. The topological polar surface area (TPSA) is 76.1 Å². The zero-order valence-electron chi connectivity index (χ0n) is 16.3. The number of imidazole rings is 1. The van der Waals surface area contributed by atoms with E-state index in [1.54, 1.807) is 10.9 Å². The van der Waals surface area contributed by atoms with Gasteiger partial charge >= 0.3 is 0 Å². The van der Waals surface area contributed by atoms with Crippen LogP contribution in [0.3, 0.4) is 0 Å². The average molecular weight is 377 g/mol. The first-order chi connectivity index (χ1) is 13.7. The third-order valence-electron chi connectivity index (χ3n) is 5.75. The van der Waals surface area contributed by atoms with Crippen molar-refractivity contribution in [3.63, 3.8) is 0 Å². The van der Waals surface area contributed by atoms with Crippen LogP contribution in [0.5, 0.6) is 0 Å². The third kappa shape index (κ3) is 4.11. The molecule has 1 saturated heterocycles. The summed E-state index contributed by atoms with van der Waals surface area (Å²) in [6, 6.07) is 0.804. The first kappa shape index (κ1) is 18.7. The van der Waals surface area contributed by atoms with Crippen LogP contribution in [0.2, 0.25) is 0 Å². The lowest BCUT2D eigenvalue weighted by molar-refractivity contribution is 0.0856. The highest BCUT2D eigenvalue weighted by Gasteiger charge is 2.24. The van der Waals surface area contributed by atoms with Crippen LogP contribution in [0.25, 0.3) is 11.2 Å². The standard InChI is InChI=1S/C21H27N7/c1-2-10-28-16-23-19-20(22)24-18(25-21(19)28)9-6-11-26-12-14-27(15-13-26)17-7-4-3-5-8-17/h1,16-17H,3-5,7-8,10-15H2,(H2,22,24,25). The Morgan fingerprint density at radius 1 is 1.07 bits per heavy atom. The number of piperazine rings is 1. The summed E-state index contributed by atoms with van der Waals surface area (Å²) in [5.74, 6) is 9.62. The molecule has 1 aliphatic heterocycles. The number of aromatic nitrogens is 4. The van der Waals surface area contributed by atoms with Gasteiger partial charge in [0.05, 0.1) is 19.4 Å². The monoisotopic (exact) mass is 377 g/mol. The molecular weight excluding hydrogens is 350 g/mol. The number of nitrogen functional groups attached to an aromatic ring is 1. The molecular formula is C21H27N7. The summed E-state index contributed by atoms with van der Waals surface area (Å²) < 4.78 is 1.78. The van der Waals surface area contributed by atoms with Crippen molar-refractivity contribution >= 4 is 17.0 Å². The SMILES string of the molecule is C#CCn1cnc2c(N)nc(C#CCN3CCN(C4CCCCC4)CC3)nc21. The molecule has 0 bridgehead atoms. The molecule has 7 nitrogen and oxygen atoms in total. The number of nitrogens with zero attached hydrogens (tertiary/aromatic N) is 6. The maximum absolute atomic E-state index is 6.00. The molecule has 1 aliphatic carbocycles. The van der Waals surface area contributed by atoms with Gasteiger partial charge in [-0.3, -0.25) is 9.80 Å². The number of nitrogens with two attached hydrogens (primary N) is 1. The van der Waals surface area contributed by atoms with Crippen molar-refractivity contribution in [2.24, 2.45) is 0 Å². The molecule has 0 unspecified atom stereocenters. The van der Waals surface area contributed by atoms with E-state index in [1.807, 2.05) is 0 Å². The molecule has 1 saturated carbocycles. The molecule has 3 heterocycles. The van der Waals surface area contributed by atoms with E-state index in [2.05, 4.69) is 42.5 Å². The Balaban J connectivity index is 1.36. The fraction of sp³-hybridized carbons (Fsp3) is 0.571. The normalized spacial score (nSPS) is 19.2. The molecule has 4 rings (SSSR count). The second-order valence-corrected chi connectivity index (χ2v) is 7.59. The summed E-state index contributed by atoms with van der Waals surface area (Å²) in [6.45, 7) is 5.55. The van der Waals surface area contributed by atoms with Gasteiger partial charge in [-0.25, -0.2) is 15.0 Å². The van der Waals surface area contributed by atoms with Gasteiger partial charge in [0.1, 0.15) is 5.52 Å². The van der Waals surface area contributed by atoms with E-state index < -0.39 is 0 Å². The predicted molar refractivity (Wildman–Crippen MR) is 110 cm³/mol. The summed E-state index contributed by atoms with van der Waals surface area (Å²) in [5.41, 5.74) is 7.21. The highest BCUT2D eigenvalue weighted by molar-refractivity contribution is 5.82. The molecule has 2 fully saturated rings. The Bertz CT molecular complexity index is 916. The Morgan fingerprint density at radius 3 is 2.61 bits per heavy atom. The minimum absolute atomic E-state index is 0.339. The van der Waals surface area contributed by atoms with Crippen LogP contribution in [-0.4, -0.2) is 68.1 Å². The smallest absolute Gasteiger partial charge is 0.209 e. The van der Waals surface area contributed by atoms with Crippen molar-refractivity contribution in [1.82, 2.24) is 29.3 Å². The largest absolute Gasteiger partial charge is 0.382 e. The van der Waals surface area contributed by atoms with Crippen LogP contribution in [0.15, 0.2) is 6.33 Å². The van der Waals surface area contributed by atoms with E-state index in [-0.39, 0.29) is 0 Å². The maximum Gasteiger partial charge on any atom is 0.209 e. The van der Waals surface area contributed by atoms with E-state index >= 15 is 0 Å². The lowest BCUT2D eigenvalue weighted by atomic mass is 9.94. The number of rotatable bonds is 3. The fourth-order valence-electron chi connectivity index (χ4n) is 4.20. The lowest BCUT2D eigenvalue weighted by Crippen LogP contribution is -2.50. The minimum Gasteiger partial charge on any atom is -0.382 e. The Labute approximate surface area is 166 Å². The van der Waals surface area contributed by atoms with Gasteiger partial charge in [0, 0.05) is 32.2 Å². The molecule has 2 aliphatic rings. The summed E-state index contributed by atoms with van der Waals surface area (Å²) in [7, 11) is 0. The second-order valence-electron chi connectivity index (χ2n) is 7.59. The van der Waals surface area contributed by atoms with Gasteiger partial charge in [-0.1, -0.05) is 31.1 Å². The van der Waals surface area contributed by atoms with Gasteiger partial charge in [-0.05, 0) is 18.8 Å². The van der Waals surface area contributed by atoms with Crippen molar-refractivity contribution in [1.29, 1.82) is 0 Å². The minimum atomic E-state index is 0.339. The molecule has 0 radical (unpaired) electrons. The molecule has 28 heavy (non-hydrogen) atoms. The van der Waals surface area contributed by atoms with Gasteiger partial charge in [-0.2, -0.15) is 0 Å². The van der Waals surface area contributed by atoms with Crippen molar-refractivity contribution in [3.05, 3.63) is 12.2 Å². The number of terminal acetylenes is 1. The van der Waals surface area contributed by atoms with Crippen molar-refractivity contribution in [2.45, 2.75) is 44.7 Å². The zero-order valence-corrected chi connectivity index (χ0v) is 16.3. The van der Waals surface area contributed by atoms with Crippen molar-refractivity contribution in [2.75, 3.05) is 38.5 Å². The van der Waals surface area contributed by atoms with Crippen LogP contribution in [-0.2, 0) is 6.54 Å².